The van der Waals surface area contributed by atoms with Crippen LogP contribution in [0.15, 0.2) is 22.7 Å². The highest BCUT2D eigenvalue weighted by Crippen LogP contribution is 2.29. The van der Waals surface area contributed by atoms with Gasteiger partial charge in [-0.3, -0.25) is 4.79 Å². The number of rotatable bonds is 4. The molecular weight excluding hydrogens is 290 g/mol. The number of halogens is 1. The van der Waals surface area contributed by atoms with Crippen molar-refractivity contribution in [2.45, 2.75) is 19.1 Å². The molecule has 5 nitrogen and oxygen atoms in total. The van der Waals surface area contributed by atoms with E-state index in [1.54, 1.807) is 6.07 Å². The number of nitrogens with one attached hydrogen (secondary N) is 1. The van der Waals surface area contributed by atoms with Crippen LogP contribution in [0.1, 0.15) is 18.6 Å². The van der Waals surface area contributed by atoms with Crippen molar-refractivity contribution >= 4 is 21.8 Å². The molecule has 2 atom stereocenters. The lowest BCUT2D eigenvalue weighted by atomic mass is 10.0. The lowest BCUT2D eigenvalue weighted by Crippen LogP contribution is -2.34. The molecule has 0 fully saturated rings. The summed E-state index contributed by atoms with van der Waals surface area (Å²) in [6, 6.07) is 4.56. The van der Waals surface area contributed by atoms with Gasteiger partial charge in [-0.1, -0.05) is 22.0 Å². The van der Waals surface area contributed by atoms with Crippen LogP contribution >= 0.6 is 15.9 Å². The van der Waals surface area contributed by atoms with Gasteiger partial charge in [0.1, 0.15) is 18.0 Å². The van der Waals surface area contributed by atoms with E-state index in [1.807, 2.05) is 0 Å². The van der Waals surface area contributed by atoms with Gasteiger partial charge in [-0.15, -0.1) is 0 Å². The van der Waals surface area contributed by atoms with Crippen LogP contribution in [0.3, 0.4) is 0 Å². The van der Waals surface area contributed by atoms with Gasteiger partial charge in [0.05, 0.1) is 0 Å². The fourth-order valence-electron chi connectivity index (χ4n) is 1.33. The zero-order valence-electron chi connectivity index (χ0n) is 9.22. The van der Waals surface area contributed by atoms with Gasteiger partial charge in [0.25, 0.3) is 0 Å². The average Bonchev–Trinajstić information content (AvgIpc) is 2.25. The molecule has 1 rings (SSSR count). The number of benzene rings is 1. The molecule has 0 aliphatic heterocycles. The molecule has 0 saturated carbocycles. The van der Waals surface area contributed by atoms with Gasteiger partial charge in [0.2, 0.25) is 5.91 Å². The first kappa shape index (κ1) is 14.0. The van der Waals surface area contributed by atoms with E-state index in [0.717, 1.165) is 0 Å². The predicted octanol–water partition coefficient (Wildman–Crippen LogP) is 0.685. The van der Waals surface area contributed by atoms with E-state index in [4.69, 9.17) is 0 Å². The molecule has 6 heteroatoms. The van der Waals surface area contributed by atoms with Crippen LogP contribution in [0.4, 0.5) is 0 Å². The normalized spacial score (nSPS) is 14.1. The number of phenolic OH excluding ortho intramolecular Hbond substituents is 1. The fraction of sp³-hybridized carbons (Fsp3) is 0.364. The average molecular weight is 304 g/mol. The first-order valence-electron chi connectivity index (χ1n) is 5.00. The van der Waals surface area contributed by atoms with Gasteiger partial charge in [-0.2, -0.15) is 0 Å². The smallest absolute Gasteiger partial charge is 0.216 e. The zero-order chi connectivity index (χ0) is 13.0. The second-order valence-electron chi connectivity index (χ2n) is 3.65. The van der Waals surface area contributed by atoms with Crippen LogP contribution < -0.4 is 5.32 Å². The summed E-state index contributed by atoms with van der Waals surface area (Å²) in [5.41, 5.74) is 0.214. The minimum atomic E-state index is -1.25. The molecule has 1 aromatic carbocycles. The van der Waals surface area contributed by atoms with E-state index in [2.05, 4.69) is 21.2 Å². The van der Waals surface area contributed by atoms with Crippen LogP contribution in [0.25, 0.3) is 0 Å². The van der Waals surface area contributed by atoms with E-state index in [9.17, 15) is 20.1 Å². The highest BCUT2D eigenvalue weighted by molar-refractivity contribution is 9.10. The summed E-state index contributed by atoms with van der Waals surface area (Å²) >= 11 is 3.17. The number of carbonyl (C=O) groups is 1. The number of hydrogen-bond donors (Lipinski definition) is 4. The van der Waals surface area contributed by atoms with Crippen molar-refractivity contribution < 1.29 is 20.1 Å². The number of hydrogen-bond acceptors (Lipinski definition) is 4. The Kier molecular flexibility index (Phi) is 4.92. The van der Waals surface area contributed by atoms with E-state index in [-0.39, 0.29) is 23.8 Å². The number of amides is 1. The Morgan fingerprint density at radius 3 is 2.65 bits per heavy atom. The predicted molar refractivity (Wildman–Crippen MR) is 65.5 cm³/mol. The van der Waals surface area contributed by atoms with Crippen molar-refractivity contribution in [3.05, 3.63) is 28.2 Å². The Balaban J connectivity index is 2.74. The van der Waals surface area contributed by atoms with Crippen molar-refractivity contribution in [3.8, 4) is 5.75 Å². The number of aromatic hydroxyl groups is 1. The van der Waals surface area contributed by atoms with Crippen molar-refractivity contribution in [1.82, 2.24) is 5.32 Å². The summed E-state index contributed by atoms with van der Waals surface area (Å²) in [4.78, 5) is 10.7. The summed E-state index contributed by atoms with van der Waals surface area (Å²) < 4.78 is 0.669. The van der Waals surface area contributed by atoms with Gasteiger partial charge in [0.15, 0.2) is 0 Å². The van der Waals surface area contributed by atoms with Crippen molar-refractivity contribution in [2.75, 3.05) is 6.54 Å². The first-order chi connectivity index (χ1) is 7.91. The minimum Gasteiger partial charge on any atom is -0.508 e. The molecule has 0 spiro atoms. The van der Waals surface area contributed by atoms with Gasteiger partial charge < -0.3 is 20.6 Å². The van der Waals surface area contributed by atoms with E-state index < -0.39 is 12.2 Å². The monoisotopic (exact) mass is 303 g/mol. The highest BCUT2D eigenvalue weighted by atomic mass is 79.9. The molecule has 0 radical (unpaired) electrons. The van der Waals surface area contributed by atoms with Crippen LogP contribution in [0, 0.1) is 0 Å². The second kappa shape index (κ2) is 6.00. The summed E-state index contributed by atoms with van der Waals surface area (Å²) in [6.45, 7) is 1.24. The van der Waals surface area contributed by atoms with Gasteiger partial charge in [-0.05, 0) is 12.1 Å². The molecule has 94 valence electrons. The van der Waals surface area contributed by atoms with Crippen molar-refractivity contribution in [3.63, 3.8) is 0 Å². The Morgan fingerprint density at radius 1 is 1.47 bits per heavy atom. The van der Waals surface area contributed by atoms with Gasteiger partial charge in [0, 0.05) is 23.5 Å². The van der Waals surface area contributed by atoms with E-state index >= 15 is 0 Å². The Labute approximate surface area is 107 Å². The second-order valence-corrected chi connectivity index (χ2v) is 4.57. The van der Waals surface area contributed by atoms with Crippen LogP contribution in [-0.4, -0.2) is 33.9 Å². The molecule has 0 aromatic heterocycles. The highest BCUT2D eigenvalue weighted by Gasteiger charge is 2.21. The molecule has 0 aliphatic carbocycles. The lowest BCUT2D eigenvalue weighted by Gasteiger charge is -2.19. The maximum atomic E-state index is 10.7. The van der Waals surface area contributed by atoms with E-state index in [0.29, 0.717) is 4.47 Å². The third kappa shape index (κ3) is 3.99. The Bertz CT molecular complexity index is 410. The molecule has 17 heavy (non-hydrogen) atoms. The van der Waals surface area contributed by atoms with Crippen LogP contribution in [0.5, 0.6) is 5.75 Å². The third-order valence-electron chi connectivity index (χ3n) is 2.24. The quantitative estimate of drug-likeness (QED) is 0.659. The molecule has 1 aromatic rings. The van der Waals surface area contributed by atoms with Gasteiger partial charge in [-0.25, -0.2) is 0 Å². The molecule has 1 amide bonds. The number of aliphatic hydroxyl groups is 2. The molecule has 2 unspecified atom stereocenters. The standard InChI is InChI=1S/C11H14BrNO4/c1-6(14)13-5-10(16)11(17)8-3-2-7(12)4-9(8)15/h2-4,10-11,15-17H,5H2,1H3,(H,13,14). The molecule has 0 saturated heterocycles. The number of aliphatic hydroxyl groups excluding tert-OH is 2. The lowest BCUT2D eigenvalue weighted by molar-refractivity contribution is -0.119. The van der Waals surface area contributed by atoms with Crippen LogP contribution in [0.2, 0.25) is 0 Å². The number of carbonyl (C=O) groups excluding carboxylic acids is 1. The SMILES string of the molecule is CC(=O)NCC(O)C(O)c1ccc(Br)cc1O. The molecule has 4 N–H and O–H groups in total. The zero-order valence-corrected chi connectivity index (χ0v) is 10.8. The maximum Gasteiger partial charge on any atom is 0.216 e. The van der Waals surface area contributed by atoms with Gasteiger partial charge >= 0.3 is 0 Å². The first-order valence-corrected chi connectivity index (χ1v) is 5.80. The third-order valence-corrected chi connectivity index (χ3v) is 2.73. The fourth-order valence-corrected chi connectivity index (χ4v) is 1.68. The van der Waals surface area contributed by atoms with Crippen molar-refractivity contribution in [2.24, 2.45) is 0 Å². The summed E-state index contributed by atoms with van der Waals surface area (Å²) in [5, 5.41) is 31.4. The minimum absolute atomic E-state index is 0.0774. The molecule has 0 aliphatic rings. The largest absolute Gasteiger partial charge is 0.508 e. The summed E-state index contributed by atoms with van der Waals surface area (Å²) in [6.07, 6.45) is -2.43. The van der Waals surface area contributed by atoms with E-state index in [1.165, 1.54) is 19.1 Å². The number of phenols is 1. The molecular formula is C11H14BrNO4. The Morgan fingerprint density at radius 2 is 2.12 bits per heavy atom. The Hall–Kier alpha value is -1.11. The van der Waals surface area contributed by atoms with Crippen LogP contribution in [-0.2, 0) is 4.79 Å². The van der Waals surface area contributed by atoms with Crippen molar-refractivity contribution in [1.29, 1.82) is 0 Å². The molecule has 0 bridgehead atoms. The summed E-state index contributed by atoms with van der Waals surface area (Å²) in [7, 11) is 0. The maximum absolute atomic E-state index is 10.7. The molecule has 0 heterocycles. The summed E-state index contributed by atoms with van der Waals surface area (Å²) in [5.74, 6) is -0.412. The topological polar surface area (TPSA) is 89.8 Å².